The Morgan fingerprint density at radius 3 is 0.792 bits per heavy atom. The number of esters is 4. The molecule has 0 heterocycles. The maximum atomic E-state index is 11.8. The minimum atomic E-state index is -0.791. The molecule has 0 radical (unpaired) electrons. The van der Waals surface area contributed by atoms with Crippen LogP contribution in [0.5, 0.6) is 0 Å². The molecule has 0 saturated heterocycles. The lowest BCUT2D eigenvalue weighted by Gasteiger charge is -2.10. The molecule has 1 rings (SSSR count). The van der Waals surface area contributed by atoms with Gasteiger partial charge in [0.05, 0.1) is 50.7 Å². The molecule has 8 heteroatoms. The van der Waals surface area contributed by atoms with Crippen LogP contribution in [0.1, 0.15) is 0 Å². The highest BCUT2D eigenvalue weighted by Gasteiger charge is 2.21. The van der Waals surface area contributed by atoms with Crippen molar-refractivity contribution >= 4 is 23.9 Å². The number of ether oxygens (including phenoxy) is 4. The van der Waals surface area contributed by atoms with Gasteiger partial charge >= 0.3 is 23.9 Å². The van der Waals surface area contributed by atoms with Gasteiger partial charge in [0, 0.05) is 0 Å². The second kappa shape index (κ2) is 8.47. The fraction of sp³-hybridized carbons (Fsp3) is 0.250. The van der Waals surface area contributed by atoms with E-state index in [1.54, 1.807) is 0 Å². The van der Waals surface area contributed by atoms with E-state index in [1.165, 1.54) is 0 Å². The van der Waals surface area contributed by atoms with Crippen LogP contribution in [-0.4, -0.2) is 52.3 Å². The third-order valence-corrected chi connectivity index (χ3v) is 2.93. The fourth-order valence-electron chi connectivity index (χ4n) is 1.78. The maximum Gasteiger partial charge on any atom is 0.337 e. The normalized spacial score (nSPS) is 22.5. The predicted octanol–water partition coefficient (Wildman–Crippen LogP) is 0.398. The smallest absolute Gasteiger partial charge is 0.337 e. The van der Waals surface area contributed by atoms with Crippen molar-refractivity contribution in [2.75, 3.05) is 28.4 Å². The number of methoxy groups -OCH3 is 4. The summed E-state index contributed by atoms with van der Waals surface area (Å²) >= 11 is 0. The minimum absolute atomic E-state index is 0.102. The van der Waals surface area contributed by atoms with Gasteiger partial charge in [0.1, 0.15) is 0 Å². The lowest BCUT2D eigenvalue weighted by molar-refractivity contribution is -0.136. The SMILES string of the molecule is COC(=O)C1=C/C(C(=O)OC)=C\C(C(=O)OC)=C/C(C(=O)OC)=C\1. The summed E-state index contributed by atoms with van der Waals surface area (Å²) in [5.41, 5.74) is -0.408. The zero-order valence-corrected chi connectivity index (χ0v) is 13.6. The molecular weight excluding hydrogens is 320 g/mol. The minimum Gasteiger partial charge on any atom is -0.465 e. The summed E-state index contributed by atoms with van der Waals surface area (Å²) < 4.78 is 18.4. The Morgan fingerprint density at radius 2 is 0.667 bits per heavy atom. The lowest BCUT2D eigenvalue weighted by Crippen LogP contribution is -2.14. The zero-order chi connectivity index (χ0) is 18.3. The van der Waals surface area contributed by atoms with E-state index in [2.05, 4.69) is 18.9 Å². The molecule has 0 saturated carbocycles. The molecule has 0 atom stereocenters. The van der Waals surface area contributed by atoms with Crippen LogP contribution in [0.25, 0.3) is 0 Å². The Hall–Kier alpha value is -3.16. The lowest BCUT2D eigenvalue weighted by atomic mass is 10.00. The highest BCUT2D eigenvalue weighted by atomic mass is 16.5. The monoisotopic (exact) mass is 336 g/mol. The summed E-state index contributed by atoms with van der Waals surface area (Å²) in [6, 6.07) is 0. The molecule has 0 unspecified atom stereocenters. The van der Waals surface area contributed by atoms with Gasteiger partial charge < -0.3 is 18.9 Å². The highest BCUT2D eigenvalue weighted by Crippen LogP contribution is 2.20. The van der Waals surface area contributed by atoms with Crippen molar-refractivity contribution in [3.8, 4) is 0 Å². The van der Waals surface area contributed by atoms with Gasteiger partial charge in [-0.05, 0) is 24.3 Å². The van der Waals surface area contributed by atoms with Crippen molar-refractivity contribution in [3.05, 3.63) is 46.6 Å². The first-order valence-electron chi connectivity index (χ1n) is 6.58. The molecule has 8 nitrogen and oxygen atoms in total. The summed E-state index contributed by atoms with van der Waals surface area (Å²) in [4.78, 5) is 47.4. The molecule has 128 valence electrons. The van der Waals surface area contributed by atoms with E-state index in [0.29, 0.717) is 0 Å². The van der Waals surface area contributed by atoms with Gasteiger partial charge in [-0.1, -0.05) is 0 Å². The van der Waals surface area contributed by atoms with Crippen LogP contribution in [0.15, 0.2) is 46.6 Å². The molecule has 1 aliphatic carbocycles. The van der Waals surface area contributed by atoms with Gasteiger partial charge in [0.25, 0.3) is 0 Å². The number of rotatable bonds is 4. The standard InChI is InChI=1S/C16H16O8/c1-21-13(17)9-5-10(14(18)22-2)7-12(16(20)24-4)8-11(6-9)15(19)23-3/h5-8H,1-4H3/b9-5+,9-6?,10-5?,10-7+,11-6+,11-8?,12-7?,12-8+. The second-order valence-corrected chi connectivity index (χ2v) is 4.37. The van der Waals surface area contributed by atoms with Crippen molar-refractivity contribution in [1.82, 2.24) is 0 Å². The van der Waals surface area contributed by atoms with Crippen molar-refractivity contribution < 1.29 is 38.1 Å². The van der Waals surface area contributed by atoms with Crippen LogP contribution >= 0.6 is 0 Å². The average molecular weight is 336 g/mol. The second-order valence-electron chi connectivity index (χ2n) is 4.37. The van der Waals surface area contributed by atoms with Crippen LogP contribution in [-0.2, 0) is 38.1 Å². The van der Waals surface area contributed by atoms with Crippen LogP contribution in [0, 0.1) is 0 Å². The van der Waals surface area contributed by atoms with Gasteiger partial charge in [-0.15, -0.1) is 0 Å². The Bertz CT molecular complexity index is 560. The Balaban J connectivity index is 3.61. The molecule has 0 bridgehead atoms. The molecular formula is C16H16O8. The van der Waals surface area contributed by atoms with Crippen molar-refractivity contribution in [2.45, 2.75) is 0 Å². The average Bonchev–Trinajstić information content (AvgIpc) is 2.59. The number of hydrogen-bond donors (Lipinski definition) is 0. The van der Waals surface area contributed by atoms with Crippen molar-refractivity contribution in [1.29, 1.82) is 0 Å². The van der Waals surface area contributed by atoms with Gasteiger partial charge in [-0.25, -0.2) is 19.2 Å². The Morgan fingerprint density at radius 1 is 0.500 bits per heavy atom. The van der Waals surface area contributed by atoms with Gasteiger partial charge in [0.15, 0.2) is 0 Å². The molecule has 0 fully saturated rings. The first-order chi connectivity index (χ1) is 11.4. The Labute approximate surface area is 138 Å². The first-order valence-corrected chi connectivity index (χ1v) is 6.58. The van der Waals surface area contributed by atoms with E-state index in [0.717, 1.165) is 52.7 Å². The van der Waals surface area contributed by atoms with Crippen LogP contribution in [0.2, 0.25) is 0 Å². The summed E-state index contributed by atoms with van der Waals surface area (Å²) in [6.07, 6.45) is 4.54. The first kappa shape index (κ1) is 18.9. The summed E-state index contributed by atoms with van der Waals surface area (Å²) in [5.74, 6) is -3.16. The van der Waals surface area contributed by atoms with Crippen LogP contribution in [0.3, 0.4) is 0 Å². The largest absolute Gasteiger partial charge is 0.465 e. The van der Waals surface area contributed by atoms with E-state index in [-0.39, 0.29) is 22.3 Å². The quantitative estimate of drug-likeness (QED) is 0.536. The molecule has 0 N–H and O–H groups in total. The molecule has 24 heavy (non-hydrogen) atoms. The van der Waals surface area contributed by atoms with E-state index in [9.17, 15) is 19.2 Å². The molecule has 0 aromatic carbocycles. The Kier molecular flexibility index (Phi) is 6.66. The van der Waals surface area contributed by atoms with E-state index < -0.39 is 23.9 Å². The van der Waals surface area contributed by atoms with Crippen molar-refractivity contribution in [2.24, 2.45) is 0 Å². The van der Waals surface area contributed by atoms with Crippen molar-refractivity contribution in [3.63, 3.8) is 0 Å². The van der Waals surface area contributed by atoms with E-state index in [4.69, 9.17) is 0 Å². The zero-order valence-electron chi connectivity index (χ0n) is 13.6. The molecule has 1 aliphatic rings. The topological polar surface area (TPSA) is 105 Å². The van der Waals surface area contributed by atoms with Gasteiger partial charge in [-0.2, -0.15) is 0 Å². The molecule has 0 aromatic rings. The van der Waals surface area contributed by atoms with Crippen LogP contribution < -0.4 is 0 Å². The molecule has 0 spiro atoms. The van der Waals surface area contributed by atoms with E-state index in [1.807, 2.05) is 0 Å². The molecule has 0 aromatic heterocycles. The van der Waals surface area contributed by atoms with Gasteiger partial charge in [-0.3, -0.25) is 0 Å². The predicted molar refractivity (Wildman–Crippen MR) is 80.4 cm³/mol. The maximum absolute atomic E-state index is 11.8. The third-order valence-electron chi connectivity index (χ3n) is 2.93. The number of carbonyl (C=O) groups is 4. The highest BCUT2D eigenvalue weighted by molar-refractivity contribution is 6.05. The van der Waals surface area contributed by atoms with E-state index >= 15 is 0 Å². The summed E-state index contributed by atoms with van der Waals surface area (Å²) in [5, 5.41) is 0. The third kappa shape index (κ3) is 4.42. The molecule has 0 aliphatic heterocycles. The van der Waals surface area contributed by atoms with Crippen LogP contribution in [0.4, 0.5) is 0 Å². The molecule has 0 amide bonds. The number of carbonyl (C=O) groups excluding carboxylic acids is 4. The summed E-state index contributed by atoms with van der Waals surface area (Å²) in [6.45, 7) is 0. The fourth-order valence-corrected chi connectivity index (χ4v) is 1.78. The number of hydrogen-bond acceptors (Lipinski definition) is 8. The van der Waals surface area contributed by atoms with Gasteiger partial charge in [0.2, 0.25) is 0 Å². The summed E-state index contributed by atoms with van der Waals surface area (Å²) in [7, 11) is 4.57.